The maximum atomic E-state index is 13.1. The van der Waals surface area contributed by atoms with E-state index >= 15 is 0 Å². The first kappa shape index (κ1) is 19.6. The average Bonchev–Trinajstić information content (AvgIpc) is 3.47. The summed E-state index contributed by atoms with van der Waals surface area (Å²) in [7, 11) is 1.74. The first-order valence-corrected chi connectivity index (χ1v) is 10.3. The van der Waals surface area contributed by atoms with Crippen LogP contribution in [0.4, 0.5) is 5.69 Å². The van der Waals surface area contributed by atoms with Gasteiger partial charge in [0.05, 0.1) is 28.7 Å². The highest BCUT2D eigenvalue weighted by Gasteiger charge is 2.18. The zero-order chi connectivity index (χ0) is 20.9. The van der Waals surface area contributed by atoms with Gasteiger partial charge in [0.25, 0.3) is 11.8 Å². The molecule has 0 saturated heterocycles. The maximum absolute atomic E-state index is 13.1. The van der Waals surface area contributed by atoms with Crippen LogP contribution in [-0.2, 0) is 6.54 Å². The van der Waals surface area contributed by atoms with Crippen molar-refractivity contribution in [1.29, 1.82) is 0 Å². The van der Waals surface area contributed by atoms with Crippen LogP contribution >= 0.6 is 11.3 Å². The van der Waals surface area contributed by atoms with Crippen molar-refractivity contribution in [3.63, 3.8) is 0 Å². The molecule has 2 aromatic heterocycles. The lowest BCUT2D eigenvalue weighted by Crippen LogP contribution is -2.27. The average molecular weight is 417 g/mol. The van der Waals surface area contributed by atoms with Gasteiger partial charge in [-0.15, -0.1) is 0 Å². The zero-order valence-corrected chi connectivity index (χ0v) is 17.2. The number of rotatable bonds is 6. The largest absolute Gasteiger partial charge is 0.337 e. The molecule has 2 amide bonds. The Hall–Kier alpha value is -3.71. The minimum atomic E-state index is -0.233. The Morgan fingerprint density at radius 3 is 2.60 bits per heavy atom. The van der Waals surface area contributed by atoms with Gasteiger partial charge in [-0.3, -0.25) is 9.59 Å². The van der Waals surface area contributed by atoms with E-state index in [0.717, 1.165) is 11.3 Å². The summed E-state index contributed by atoms with van der Waals surface area (Å²) in [6, 6.07) is 18.6. The summed E-state index contributed by atoms with van der Waals surface area (Å²) >= 11 is 1.45. The highest BCUT2D eigenvalue weighted by Crippen LogP contribution is 2.20. The van der Waals surface area contributed by atoms with Gasteiger partial charge in [0.1, 0.15) is 0 Å². The van der Waals surface area contributed by atoms with Crippen LogP contribution in [0.1, 0.15) is 26.3 Å². The second-order valence-electron chi connectivity index (χ2n) is 6.80. The Balaban J connectivity index is 1.48. The van der Waals surface area contributed by atoms with E-state index in [0.29, 0.717) is 23.4 Å². The van der Waals surface area contributed by atoms with Crippen LogP contribution < -0.4 is 5.32 Å². The molecule has 0 atom stereocenters. The zero-order valence-electron chi connectivity index (χ0n) is 16.4. The molecule has 2 heterocycles. The van der Waals surface area contributed by atoms with Gasteiger partial charge in [-0.05, 0) is 35.7 Å². The number of nitrogens with zero attached hydrogens (tertiary/aromatic N) is 3. The van der Waals surface area contributed by atoms with Crippen molar-refractivity contribution < 1.29 is 9.59 Å². The minimum absolute atomic E-state index is 0.177. The van der Waals surface area contributed by atoms with Gasteiger partial charge in [0.2, 0.25) is 0 Å². The standard InChI is InChI=1S/C23H20N4O2S/c1-26(14-17-13-24-27(15-17)19-7-3-2-4-8-19)23(29)20-9-5-6-10-21(20)25-22(28)18-11-12-30-16-18/h2-13,15-16H,14H2,1H3,(H,25,28). The molecule has 4 rings (SSSR count). The number of hydrogen-bond donors (Lipinski definition) is 1. The number of carbonyl (C=O) groups is 2. The van der Waals surface area contributed by atoms with Crippen LogP contribution in [0.5, 0.6) is 0 Å². The van der Waals surface area contributed by atoms with Crippen LogP contribution in [0.3, 0.4) is 0 Å². The van der Waals surface area contributed by atoms with Gasteiger partial charge in [-0.25, -0.2) is 4.68 Å². The van der Waals surface area contributed by atoms with E-state index in [4.69, 9.17) is 0 Å². The van der Waals surface area contributed by atoms with E-state index in [2.05, 4.69) is 10.4 Å². The van der Waals surface area contributed by atoms with Crippen molar-refractivity contribution >= 4 is 28.8 Å². The van der Waals surface area contributed by atoms with Crippen molar-refractivity contribution in [3.8, 4) is 5.69 Å². The summed E-state index contributed by atoms with van der Waals surface area (Å²) in [6.07, 6.45) is 3.66. The Morgan fingerprint density at radius 1 is 1.07 bits per heavy atom. The van der Waals surface area contributed by atoms with Gasteiger partial charge in [-0.1, -0.05) is 30.3 Å². The quantitative estimate of drug-likeness (QED) is 0.505. The molecule has 0 aliphatic rings. The van der Waals surface area contributed by atoms with Gasteiger partial charge < -0.3 is 10.2 Å². The van der Waals surface area contributed by atoms with Gasteiger partial charge in [-0.2, -0.15) is 16.4 Å². The third-order valence-corrected chi connectivity index (χ3v) is 5.30. The van der Waals surface area contributed by atoms with E-state index in [1.807, 2.05) is 41.9 Å². The van der Waals surface area contributed by atoms with E-state index in [9.17, 15) is 9.59 Å². The number of nitrogens with one attached hydrogen (secondary N) is 1. The molecular formula is C23H20N4O2S. The summed E-state index contributed by atoms with van der Waals surface area (Å²) in [6.45, 7) is 0.401. The molecule has 0 spiro atoms. The number of anilines is 1. The summed E-state index contributed by atoms with van der Waals surface area (Å²) in [5, 5.41) is 10.8. The van der Waals surface area contributed by atoms with E-state index in [1.54, 1.807) is 58.5 Å². The molecule has 150 valence electrons. The van der Waals surface area contributed by atoms with Gasteiger partial charge >= 0.3 is 0 Å². The van der Waals surface area contributed by atoms with Crippen molar-refractivity contribution in [2.75, 3.05) is 12.4 Å². The molecule has 1 N–H and O–H groups in total. The molecule has 0 fully saturated rings. The molecule has 0 bridgehead atoms. The van der Waals surface area contributed by atoms with E-state index < -0.39 is 0 Å². The Labute approximate surface area is 178 Å². The first-order valence-electron chi connectivity index (χ1n) is 9.39. The molecule has 6 nitrogen and oxygen atoms in total. The lowest BCUT2D eigenvalue weighted by molar-refractivity contribution is 0.0786. The normalized spacial score (nSPS) is 10.6. The number of hydrogen-bond acceptors (Lipinski definition) is 4. The van der Waals surface area contributed by atoms with Crippen LogP contribution in [0, 0.1) is 0 Å². The number of para-hydroxylation sites is 2. The van der Waals surface area contributed by atoms with Gasteiger partial charge in [0, 0.05) is 30.7 Å². The van der Waals surface area contributed by atoms with E-state index in [-0.39, 0.29) is 11.8 Å². The third-order valence-electron chi connectivity index (χ3n) is 4.61. The highest BCUT2D eigenvalue weighted by atomic mass is 32.1. The fourth-order valence-electron chi connectivity index (χ4n) is 3.08. The second kappa shape index (κ2) is 8.75. The SMILES string of the molecule is CN(Cc1cnn(-c2ccccc2)c1)C(=O)c1ccccc1NC(=O)c1ccsc1. The number of benzene rings is 2. The summed E-state index contributed by atoms with van der Waals surface area (Å²) in [5.74, 6) is -0.410. The van der Waals surface area contributed by atoms with E-state index in [1.165, 1.54) is 11.3 Å². The topological polar surface area (TPSA) is 67.2 Å². The van der Waals surface area contributed by atoms with Crippen molar-refractivity contribution in [3.05, 3.63) is 101 Å². The molecular weight excluding hydrogens is 396 g/mol. The van der Waals surface area contributed by atoms with Crippen LogP contribution in [0.25, 0.3) is 5.69 Å². The van der Waals surface area contributed by atoms with Crippen LogP contribution in [0.2, 0.25) is 0 Å². The highest BCUT2D eigenvalue weighted by molar-refractivity contribution is 7.08. The molecule has 7 heteroatoms. The van der Waals surface area contributed by atoms with Gasteiger partial charge in [0.15, 0.2) is 0 Å². The predicted molar refractivity (Wildman–Crippen MR) is 118 cm³/mol. The van der Waals surface area contributed by atoms with Crippen LogP contribution in [-0.4, -0.2) is 33.5 Å². The molecule has 0 aliphatic carbocycles. The number of thiophene rings is 1. The monoisotopic (exact) mass is 416 g/mol. The summed E-state index contributed by atoms with van der Waals surface area (Å²) < 4.78 is 1.78. The fourth-order valence-corrected chi connectivity index (χ4v) is 3.72. The molecule has 0 aliphatic heterocycles. The van der Waals surface area contributed by atoms with Crippen molar-refractivity contribution in [1.82, 2.24) is 14.7 Å². The smallest absolute Gasteiger partial charge is 0.256 e. The Morgan fingerprint density at radius 2 is 1.83 bits per heavy atom. The molecule has 4 aromatic rings. The third kappa shape index (κ3) is 4.31. The first-order chi connectivity index (χ1) is 14.6. The predicted octanol–water partition coefficient (Wildman–Crippen LogP) is 4.46. The number of carbonyl (C=O) groups excluding carboxylic acids is 2. The maximum Gasteiger partial charge on any atom is 0.256 e. The molecule has 2 aromatic carbocycles. The lowest BCUT2D eigenvalue weighted by Gasteiger charge is -2.18. The van der Waals surface area contributed by atoms with Crippen molar-refractivity contribution in [2.24, 2.45) is 0 Å². The van der Waals surface area contributed by atoms with Crippen LogP contribution in [0.15, 0.2) is 83.8 Å². The number of aromatic nitrogens is 2. The second-order valence-corrected chi connectivity index (χ2v) is 7.58. The number of amides is 2. The summed E-state index contributed by atoms with van der Waals surface area (Å²) in [5.41, 5.74) is 3.38. The fraction of sp³-hybridized carbons (Fsp3) is 0.0870. The summed E-state index contributed by atoms with van der Waals surface area (Å²) in [4.78, 5) is 27.1. The van der Waals surface area contributed by atoms with Crippen molar-refractivity contribution in [2.45, 2.75) is 6.54 Å². The molecule has 30 heavy (non-hydrogen) atoms. The Kier molecular flexibility index (Phi) is 5.72. The molecule has 0 radical (unpaired) electrons. The molecule has 0 saturated carbocycles. The Bertz CT molecular complexity index is 1150. The lowest BCUT2D eigenvalue weighted by atomic mass is 10.1. The molecule has 0 unspecified atom stereocenters. The minimum Gasteiger partial charge on any atom is -0.337 e.